The van der Waals surface area contributed by atoms with Crippen molar-refractivity contribution in [1.29, 1.82) is 0 Å². The molecule has 4 aromatic rings. The fraction of sp³-hybridized carbons (Fsp3) is 0.280. The van der Waals surface area contributed by atoms with Crippen molar-refractivity contribution in [3.8, 4) is 11.5 Å². The van der Waals surface area contributed by atoms with Crippen LogP contribution in [0.1, 0.15) is 21.5 Å². The molecule has 0 saturated heterocycles. The quantitative estimate of drug-likeness (QED) is 0.360. The van der Waals surface area contributed by atoms with Crippen molar-refractivity contribution < 1.29 is 23.8 Å². The molecule has 0 radical (unpaired) electrons. The predicted octanol–water partition coefficient (Wildman–Crippen LogP) is 1.87. The Morgan fingerprint density at radius 2 is 2.14 bits per heavy atom. The van der Waals surface area contributed by atoms with Crippen LogP contribution in [0.15, 0.2) is 54.0 Å². The highest BCUT2D eigenvalue weighted by Crippen LogP contribution is 2.37. The lowest BCUT2D eigenvalue weighted by atomic mass is 10.0. The highest BCUT2D eigenvalue weighted by Gasteiger charge is 2.31. The summed E-state index contributed by atoms with van der Waals surface area (Å²) >= 11 is 0. The van der Waals surface area contributed by atoms with Gasteiger partial charge in [-0.25, -0.2) is 9.37 Å². The molecule has 1 aliphatic heterocycles. The third-order valence-corrected chi connectivity index (χ3v) is 6.04. The summed E-state index contributed by atoms with van der Waals surface area (Å²) in [5.74, 6) is -1.17. The molecule has 1 aromatic carbocycles. The molecule has 36 heavy (non-hydrogen) atoms. The molecule has 186 valence electrons. The van der Waals surface area contributed by atoms with E-state index in [-0.39, 0.29) is 36.6 Å². The molecule has 0 saturated carbocycles. The van der Waals surface area contributed by atoms with E-state index in [1.807, 2.05) is 4.57 Å². The lowest BCUT2D eigenvalue weighted by Crippen LogP contribution is -2.41. The van der Waals surface area contributed by atoms with E-state index in [0.717, 1.165) is 5.56 Å². The van der Waals surface area contributed by atoms with Gasteiger partial charge in [-0.15, -0.1) is 0 Å². The zero-order valence-corrected chi connectivity index (χ0v) is 19.5. The van der Waals surface area contributed by atoms with Crippen LogP contribution in [-0.2, 0) is 24.2 Å². The van der Waals surface area contributed by atoms with Crippen LogP contribution in [0.3, 0.4) is 0 Å². The molecule has 1 amide bonds. The third-order valence-electron chi connectivity index (χ3n) is 6.04. The molecule has 5 rings (SSSR count). The van der Waals surface area contributed by atoms with Crippen LogP contribution in [0, 0.1) is 5.82 Å². The van der Waals surface area contributed by atoms with E-state index in [0.29, 0.717) is 29.8 Å². The monoisotopic (exact) mass is 493 g/mol. The van der Waals surface area contributed by atoms with Crippen molar-refractivity contribution >= 4 is 16.9 Å². The first-order valence-corrected chi connectivity index (χ1v) is 11.4. The molecule has 1 aliphatic rings. The van der Waals surface area contributed by atoms with Crippen LogP contribution in [0.2, 0.25) is 0 Å². The van der Waals surface area contributed by atoms with Crippen molar-refractivity contribution in [3.63, 3.8) is 0 Å². The topological polar surface area (TPSA) is 120 Å². The first-order valence-electron chi connectivity index (χ1n) is 11.4. The second kappa shape index (κ2) is 9.78. The fourth-order valence-corrected chi connectivity index (χ4v) is 4.35. The number of carbonyl (C=O) groups is 1. The smallest absolute Gasteiger partial charge is 0.268 e. The number of halogens is 1. The Morgan fingerprint density at radius 3 is 2.86 bits per heavy atom. The van der Waals surface area contributed by atoms with Gasteiger partial charge >= 0.3 is 0 Å². The number of aromatic hydroxyl groups is 1. The van der Waals surface area contributed by atoms with Crippen LogP contribution in [-0.4, -0.2) is 56.5 Å². The molecule has 0 spiro atoms. The Morgan fingerprint density at radius 1 is 1.33 bits per heavy atom. The maximum Gasteiger partial charge on any atom is 0.268 e. The van der Waals surface area contributed by atoms with Gasteiger partial charge in [-0.3, -0.25) is 19.1 Å². The van der Waals surface area contributed by atoms with Crippen LogP contribution >= 0.6 is 0 Å². The lowest BCUT2D eigenvalue weighted by molar-refractivity contribution is 0.0930. The third kappa shape index (κ3) is 4.40. The average Bonchev–Trinajstić information content (AvgIpc) is 3.38. The van der Waals surface area contributed by atoms with Gasteiger partial charge in [-0.2, -0.15) is 0 Å². The van der Waals surface area contributed by atoms with Gasteiger partial charge in [-0.1, -0.05) is 12.1 Å². The van der Waals surface area contributed by atoms with E-state index in [4.69, 9.17) is 9.47 Å². The number of pyridine rings is 2. The Kier molecular flexibility index (Phi) is 6.38. The van der Waals surface area contributed by atoms with Gasteiger partial charge in [0.15, 0.2) is 11.5 Å². The minimum absolute atomic E-state index is 0.0884. The van der Waals surface area contributed by atoms with Gasteiger partial charge in [0.1, 0.15) is 28.5 Å². The number of nitrogens with zero attached hydrogens (tertiary/aromatic N) is 4. The normalized spacial score (nSPS) is 14.6. The summed E-state index contributed by atoms with van der Waals surface area (Å²) in [6, 6.07) is 6.06. The number of methoxy groups -OCH3 is 1. The summed E-state index contributed by atoms with van der Waals surface area (Å²) in [6.07, 6.45) is 6.53. The van der Waals surface area contributed by atoms with Crippen LogP contribution in [0.25, 0.3) is 11.0 Å². The maximum absolute atomic E-state index is 13.5. The molecule has 0 fully saturated rings. The van der Waals surface area contributed by atoms with Gasteiger partial charge in [0.25, 0.3) is 11.5 Å². The van der Waals surface area contributed by atoms with Crippen molar-refractivity contribution in [2.75, 3.05) is 20.3 Å². The number of benzene rings is 1. The first-order chi connectivity index (χ1) is 17.5. The van der Waals surface area contributed by atoms with E-state index in [2.05, 4.69) is 15.3 Å². The van der Waals surface area contributed by atoms with Gasteiger partial charge < -0.3 is 24.5 Å². The molecule has 0 unspecified atom stereocenters. The molecule has 0 bridgehead atoms. The molecule has 3 aromatic heterocycles. The second-order valence-electron chi connectivity index (χ2n) is 8.50. The Balaban J connectivity index is 1.63. The predicted molar refractivity (Wildman–Crippen MR) is 128 cm³/mol. The Bertz CT molecular complexity index is 1470. The SMILES string of the molecule is COCCNC(=O)c1c(O)c2ncc(Cc3ccc(F)cc3)c3c2n(c1=O)C[C@H](Cn1ccnc1)O3. The molecule has 1 atom stereocenters. The van der Waals surface area contributed by atoms with E-state index >= 15 is 0 Å². The largest absolute Gasteiger partial charge is 0.505 e. The number of imidazole rings is 1. The van der Waals surface area contributed by atoms with E-state index in [1.165, 1.54) is 23.8 Å². The highest BCUT2D eigenvalue weighted by atomic mass is 19.1. The minimum atomic E-state index is -0.711. The van der Waals surface area contributed by atoms with E-state index in [1.54, 1.807) is 37.1 Å². The average molecular weight is 493 g/mol. The Hall–Kier alpha value is -4.25. The summed E-state index contributed by atoms with van der Waals surface area (Å²) in [5.41, 5.74) is 0.857. The number of ether oxygens (including phenoxy) is 2. The zero-order valence-electron chi connectivity index (χ0n) is 19.5. The number of carbonyl (C=O) groups excluding carboxylic acids is 1. The minimum Gasteiger partial charge on any atom is -0.505 e. The van der Waals surface area contributed by atoms with Crippen LogP contribution in [0.5, 0.6) is 11.5 Å². The standard InChI is InChI=1S/C25H24FN5O5/c1-35-9-7-28-24(33)19-22(32)20-21-23(16(11-29-20)10-15-2-4-17(26)5-3-15)36-18(13-31(21)25(19)34)12-30-8-6-27-14-30/h2-6,8,11,14,18,32H,7,9-10,12-13H2,1H3,(H,28,33)/t18-/m0/s1. The molecule has 0 aliphatic carbocycles. The summed E-state index contributed by atoms with van der Waals surface area (Å²) in [4.78, 5) is 34.8. The lowest BCUT2D eigenvalue weighted by Gasteiger charge is -2.30. The number of amides is 1. The summed E-state index contributed by atoms with van der Waals surface area (Å²) in [5, 5.41) is 13.5. The number of rotatable bonds is 8. The van der Waals surface area contributed by atoms with Crippen molar-refractivity contribution in [2.45, 2.75) is 25.6 Å². The maximum atomic E-state index is 13.5. The number of aromatic nitrogens is 4. The summed E-state index contributed by atoms with van der Waals surface area (Å²) in [7, 11) is 1.49. The van der Waals surface area contributed by atoms with Gasteiger partial charge in [0, 0.05) is 44.2 Å². The zero-order chi connectivity index (χ0) is 25.2. The number of hydrogen-bond donors (Lipinski definition) is 2. The summed E-state index contributed by atoms with van der Waals surface area (Å²) < 4.78 is 28.0. The fourth-order valence-electron chi connectivity index (χ4n) is 4.35. The van der Waals surface area contributed by atoms with Crippen LogP contribution < -0.4 is 15.6 Å². The Labute approximate surface area is 204 Å². The second-order valence-corrected chi connectivity index (χ2v) is 8.50. The van der Waals surface area contributed by atoms with Crippen molar-refractivity contribution in [2.24, 2.45) is 0 Å². The van der Waals surface area contributed by atoms with E-state index < -0.39 is 23.3 Å². The molecule has 2 N–H and O–H groups in total. The van der Waals surface area contributed by atoms with Crippen molar-refractivity contribution in [1.82, 2.24) is 24.4 Å². The van der Waals surface area contributed by atoms with Gasteiger partial charge in [0.05, 0.1) is 26.0 Å². The molecule has 10 nitrogen and oxygen atoms in total. The van der Waals surface area contributed by atoms with Crippen molar-refractivity contribution in [3.05, 3.63) is 82.0 Å². The van der Waals surface area contributed by atoms with E-state index in [9.17, 15) is 19.1 Å². The molecular formula is C25H24FN5O5. The highest BCUT2D eigenvalue weighted by molar-refractivity contribution is 6.02. The number of hydrogen-bond acceptors (Lipinski definition) is 7. The van der Waals surface area contributed by atoms with Gasteiger partial charge in [-0.05, 0) is 17.7 Å². The molecule has 4 heterocycles. The number of nitrogens with one attached hydrogen (secondary N) is 1. The van der Waals surface area contributed by atoms with Crippen LogP contribution in [0.4, 0.5) is 4.39 Å². The first kappa shape index (κ1) is 23.5. The molecule has 11 heteroatoms. The summed E-state index contributed by atoms with van der Waals surface area (Å²) in [6.45, 7) is 0.973. The molecular weight excluding hydrogens is 469 g/mol. The van der Waals surface area contributed by atoms with Gasteiger partial charge in [0.2, 0.25) is 0 Å².